The minimum Gasteiger partial charge on any atom is -0.492 e. The Balaban J connectivity index is 2.49. The molecule has 0 radical (unpaired) electrons. The predicted molar refractivity (Wildman–Crippen MR) is 83.6 cm³/mol. The van der Waals surface area contributed by atoms with Crippen LogP contribution in [0.25, 0.3) is 0 Å². The van der Waals surface area contributed by atoms with Crippen molar-refractivity contribution in [3.63, 3.8) is 0 Å². The first-order chi connectivity index (χ1) is 9.43. The zero-order chi connectivity index (χ0) is 15.1. The number of benzene rings is 1. The quantitative estimate of drug-likeness (QED) is 0.812. The first-order valence-electron chi connectivity index (χ1n) is 6.89. The molecular formula is C15H23ClN2O2. The SMILES string of the molecule is CCOc1ccc(NCC(=O)NC(C)C(C)C)cc1Cl. The molecule has 0 aliphatic heterocycles. The molecule has 0 saturated carbocycles. The second-order valence-electron chi connectivity index (χ2n) is 5.03. The molecular weight excluding hydrogens is 276 g/mol. The van der Waals surface area contributed by atoms with Crippen molar-refractivity contribution < 1.29 is 9.53 Å². The summed E-state index contributed by atoms with van der Waals surface area (Å²) in [6, 6.07) is 5.55. The largest absolute Gasteiger partial charge is 0.492 e. The van der Waals surface area contributed by atoms with Crippen LogP contribution in [0.5, 0.6) is 5.75 Å². The minimum atomic E-state index is -0.0313. The highest BCUT2D eigenvalue weighted by Crippen LogP contribution is 2.27. The lowest BCUT2D eigenvalue weighted by Gasteiger charge is -2.18. The van der Waals surface area contributed by atoms with Gasteiger partial charge in [0.05, 0.1) is 18.2 Å². The number of anilines is 1. The highest BCUT2D eigenvalue weighted by molar-refractivity contribution is 6.32. The van der Waals surface area contributed by atoms with Crippen LogP contribution in [0.4, 0.5) is 5.69 Å². The Labute approximate surface area is 125 Å². The van der Waals surface area contributed by atoms with Crippen molar-refractivity contribution in [1.82, 2.24) is 5.32 Å². The molecule has 5 heteroatoms. The predicted octanol–water partition coefficient (Wildman–Crippen LogP) is 3.31. The van der Waals surface area contributed by atoms with Gasteiger partial charge in [0.2, 0.25) is 5.91 Å². The fourth-order valence-corrected chi connectivity index (χ4v) is 1.77. The zero-order valence-electron chi connectivity index (χ0n) is 12.5. The van der Waals surface area contributed by atoms with Crippen LogP contribution < -0.4 is 15.4 Å². The first kappa shape index (κ1) is 16.6. The van der Waals surface area contributed by atoms with Crippen molar-refractivity contribution in [2.45, 2.75) is 33.7 Å². The molecule has 1 atom stereocenters. The van der Waals surface area contributed by atoms with Crippen LogP contribution in [0.1, 0.15) is 27.7 Å². The van der Waals surface area contributed by atoms with Crippen LogP contribution in [-0.2, 0) is 4.79 Å². The van der Waals surface area contributed by atoms with E-state index in [-0.39, 0.29) is 18.5 Å². The lowest BCUT2D eigenvalue weighted by molar-refractivity contribution is -0.120. The number of hydrogen-bond donors (Lipinski definition) is 2. The Kier molecular flexibility index (Phi) is 6.65. The molecule has 1 unspecified atom stereocenters. The number of nitrogens with one attached hydrogen (secondary N) is 2. The van der Waals surface area contributed by atoms with Gasteiger partial charge in [-0.3, -0.25) is 4.79 Å². The number of carbonyl (C=O) groups is 1. The van der Waals surface area contributed by atoms with Crippen LogP contribution in [0.2, 0.25) is 5.02 Å². The molecule has 0 heterocycles. The molecule has 112 valence electrons. The van der Waals surface area contributed by atoms with Gasteiger partial charge in [-0.25, -0.2) is 0 Å². The van der Waals surface area contributed by atoms with Crippen molar-refractivity contribution in [2.75, 3.05) is 18.5 Å². The normalized spacial score (nSPS) is 12.1. The van der Waals surface area contributed by atoms with Gasteiger partial charge in [-0.15, -0.1) is 0 Å². The molecule has 0 aromatic heterocycles. The average molecular weight is 299 g/mol. The molecule has 1 aromatic rings. The van der Waals surface area contributed by atoms with Crippen molar-refractivity contribution in [3.8, 4) is 5.75 Å². The van der Waals surface area contributed by atoms with Gasteiger partial charge in [-0.2, -0.15) is 0 Å². The lowest BCUT2D eigenvalue weighted by atomic mass is 10.1. The van der Waals surface area contributed by atoms with Crippen molar-refractivity contribution in [3.05, 3.63) is 23.2 Å². The zero-order valence-corrected chi connectivity index (χ0v) is 13.3. The summed E-state index contributed by atoms with van der Waals surface area (Å²) in [5.41, 5.74) is 0.797. The van der Waals surface area contributed by atoms with Gasteiger partial charge >= 0.3 is 0 Å². The third-order valence-corrected chi connectivity index (χ3v) is 3.37. The summed E-state index contributed by atoms with van der Waals surface area (Å²) >= 11 is 6.08. The maximum absolute atomic E-state index is 11.8. The molecule has 0 aliphatic carbocycles. The lowest BCUT2D eigenvalue weighted by Crippen LogP contribution is -2.39. The van der Waals surface area contributed by atoms with Crippen LogP contribution in [0.15, 0.2) is 18.2 Å². The number of ether oxygens (including phenoxy) is 1. The highest BCUT2D eigenvalue weighted by atomic mass is 35.5. The fourth-order valence-electron chi connectivity index (χ4n) is 1.54. The van der Waals surface area contributed by atoms with E-state index in [1.165, 1.54) is 0 Å². The Bertz CT molecular complexity index is 449. The van der Waals surface area contributed by atoms with E-state index in [1.54, 1.807) is 12.1 Å². The number of carbonyl (C=O) groups excluding carboxylic acids is 1. The van der Waals surface area contributed by atoms with Gasteiger partial charge in [0, 0.05) is 11.7 Å². The van der Waals surface area contributed by atoms with Gasteiger partial charge in [-0.05, 0) is 38.0 Å². The maximum Gasteiger partial charge on any atom is 0.239 e. The maximum atomic E-state index is 11.8. The number of rotatable bonds is 7. The smallest absolute Gasteiger partial charge is 0.239 e. The van der Waals surface area contributed by atoms with E-state index < -0.39 is 0 Å². The van der Waals surface area contributed by atoms with E-state index in [2.05, 4.69) is 24.5 Å². The molecule has 0 fully saturated rings. The summed E-state index contributed by atoms with van der Waals surface area (Å²) in [5, 5.41) is 6.52. The molecule has 0 saturated heterocycles. The Morgan fingerprint density at radius 1 is 1.35 bits per heavy atom. The number of halogens is 1. The molecule has 0 spiro atoms. The number of hydrogen-bond acceptors (Lipinski definition) is 3. The third-order valence-electron chi connectivity index (χ3n) is 3.07. The summed E-state index contributed by atoms with van der Waals surface area (Å²) in [6.45, 7) is 8.84. The van der Waals surface area contributed by atoms with Crippen molar-refractivity contribution in [1.29, 1.82) is 0 Å². The van der Waals surface area contributed by atoms with E-state index in [4.69, 9.17) is 16.3 Å². The van der Waals surface area contributed by atoms with Gasteiger partial charge in [0.25, 0.3) is 0 Å². The van der Waals surface area contributed by atoms with Crippen molar-refractivity contribution in [2.24, 2.45) is 5.92 Å². The second kappa shape index (κ2) is 8.00. The molecule has 4 nitrogen and oxygen atoms in total. The van der Waals surface area contributed by atoms with Crippen LogP contribution in [0.3, 0.4) is 0 Å². The minimum absolute atomic E-state index is 0.0313. The molecule has 0 aliphatic rings. The molecule has 20 heavy (non-hydrogen) atoms. The van der Waals surface area contributed by atoms with E-state index in [0.29, 0.717) is 23.3 Å². The summed E-state index contributed by atoms with van der Waals surface area (Å²) in [7, 11) is 0. The van der Waals surface area contributed by atoms with Crippen LogP contribution in [-0.4, -0.2) is 25.1 Å². The van der Waals surface area contributed by atoms with Gasteiger partial charge in [-0.1, -0.05) is 25.4 Å². The summed E-state index contributed by atoms with van der Waals surface area (Å²) in [6.07, 6.45) is 0. The topological polar surface area (TPSA) is 50.4 Å². The number of amides is 1. The monoisotopic (exact) mass is 298 g/mol. The first-order valence-corrected chi connectivity index (χ1v) is 7.27. The van der Waals surface area contributed by atoms with Gasteiger partial charge in [0.1, 0.15) is 5.75 Å². The average Bonchev–Trinajstić information content (AvgIpc) is 2.39. The van der Waals surface area contributed by atoms with Crippen LogP contribution >= 0.6 is 11.6 Å². The van der Waals surface area contributed by atoms with E-state index in [9.17, 15) is 4.79 Å². The Morgan fingerprint density at radius 3 is 2.60 bits per heavy atom. The van der Waals surface area contributed by atoms with Crippen molar-refractivity contribution >= 4 is 23.2 Å². The van der Waals surface area contributed by atoms with E-state index >= 15 is 0 Å². The summed E-state index contributed by atoms with van der Waals surface area (Å²) in [5.74, 6) is 1.03. The second-order valence-corrected chi connectivity index (χ2v) is 5.44. The van der Waals surface area contributed by atoms with Crippen LogP contribution in [0, 0.1) is 5.92 Å². The highest BCUT2D eigenvalue weighted by Gasteiger charge is 2.10. The third kappa shape index (κ3) is 5.29. The molecule has 1 rings (SSSR count). The fraction of sp³-hybridized carbons (Fsp3) is 0.533. The molecule has 1 amide bonds. The van der Waals surface area contributed by atoms with Gasteiger partial charge < -0.3 is 15.4 Å². The van der Waals surface area contributed by atoms with E-state index in [0.717, 1.165) is 5.69 Å². The van der Waals surface area contributed by atoms with Gasteiger partial charge in [0.15, 0.2) is 0 Å². The standard InChI is InChI=1S/C15H23ClN2O2/c1-5-20-14-7-6-12(8-13(14)16)17-9-15(19)18-11(4)10(2)3/h6-8,10-11,17H,5,9H2,1-4H3,(H,18,19). The Morgan fingerprint density at radius 2 is 2.05 bits per heavy atom. The molecule has 0 bridgehead atoms. The molecule has 2 N–H and O–H groups in total. The van der Waals surface area contributed by atoms with E-state index in [1.807, 2.05) is 19.9 Å². The summed E-state index contributed by atoms with van der Waals surface area (Å²) < 4.78 is 5.36. The molecule has 1 aromatic carbocycles. The summed E-state index contributed by atoms with van der Waals surface area (Å²) in [4.78, 5) is 11.8. The Hall–Kier alpha value is -1.42.